The number of carbonyl (C=O) groups is 1. The van der Waals surface area contributed by atoms with E-state index in [-0.39, 0.29) is 12.0 Å². The van der Waals surface area contributed by atoms with Crippen LogP contribution in [-0.4, -0.2) is 30.1 Å². The van der Waals surface area contributed by atoms with Crippen molar-refractivity contribution in [2.45, 2.75) is 32.8 Å². The molecule has 1 fully saturated rings. The molecule has 0 aliphatic carbocycles. The molecule has 3 rings (SSSR count). The Balaban J connectivity index is 1.85. The fourth-order valence-corrected chi connectivity index (χ4v) is 2.94. The third-order valence-corrected chi connectivity index (χ3v) is 3.96. The van der Waals surface area contributed by atoms with Gasteiger partial charge in [0.25, 0.3) is 5.91 Å². The topological polar surface area (TPSA) is 54.1 Å². The molecule has 0 spiro atoms. The van der Waals surface area contributed by atoms with Gasteiger partial charge in [0, 0.05) is 29.7 Å². The lowest BCUT2D eigenvalue weighted by molar-refractivity contribution is 0.0858. The zero-order valence-electron chi connectivity index (χ0n) is 12.0. The van der Waals surface area contributed by atoms with Crippen molar-refractivity contribution in [3.63, 3.8) is 0 Å². The molecule has 0 saturated carbocycles. The summed E-state index contributed by atoms with van der Waals surface area (Å²) < 4.78 is 5.54. The second-order valence-electron chi connectivity index (χ2n) is 5.47. The quantitative estimate of drug-likeness (QED) is 0.902. The minimum absolute atomic E-state index is 0.0152. The standard InChI is InChI=1S/C16H20N2O2/c1-10-5-3-7-13-14(10)15(11(2)18-13)16(19)17-9-12-6-4-8-20-12/h3,5,7,12,18H,4,6,8-9H2,1-2H3,(H,17,19). The first-order valence-corrected chi connectivity index (χ1v) is 7.14. The molecule has 2 N–H and O–H groups in total. The van der Waals surface area contributed by atoms with Gasteiger partial charge in [-0.1, -0.05) is 12.1 Å². The number of hydrogen-bond acceptors (Lipinski definition) is 2. The first-order valence-electron chi connectivity index (χ1n) is 7.14. The number of benzene rings is 1. The molecule has 2 aromatic rings. The average molecular weight is 272 g/mol. The molecule has 4 heteroatoms. The van der Waals surface area contributed by atoms with Crippen molar-refractivity contribution >= 4 is 16.8 Å². The van der Waals surface area contributed by atoms with E-state index in [9.17, 15) is 4.79 Å². The maximum absolute atomic E-state index is 12.5. The Bertz CT molecular complexity index is 639. The van der Waals surface area contributed by atoms with Gasteiger partial charge >= 0.3 is 0 Å². The third-order valence-electron chi connectivity index (χ3n) is 3.96. The van der Waals surface area contributed by atoms with Crippen molar-refractivity contribution in [3.05, 3.63) is 35.0 Å². The summed E-state index contributed by atoms with van der Waals surface area (Å²) in [5, 5.41) is 4.03. The number of aromatic nitrogens is 1. The van der Waals surface area contributed by atoms with Crippen LogP contribution in [0.5, 0.6) is 0 Å². The zero-order valence-corrected chi connectivity index (χ0v) is 12.0. The van der Waals surface area contributed by atoms with Crippen LogP contribution in [0, 0.1) is 13.8 Å². The van der Waals surface area contributed by atoms with E-state index in [1.807, 2.05) is 32.0 Å². The molecule has 2 heterocycles. The van der Waals surface area contributed by atoms with Gasteiger partial charge in [-0.3, -0.25) is 4.79 Å². The number of nitrogens with one attached hydrogen (secondary N) is 2. The van der Waals surface area contributed by atoms with Crippen LogP contribution in [0.2, 0.25) is 0 Å². The third kappa shape index (κ3) is 2.31. The van der Waals surface area contributed by atoms with Gasteiger partial charge in [0.15, 0.2) is 0 Å². The second-order valence-corrected chi connectivity index (χ2v) is 5.47. The number of aromatic amines is 1. The molecule has 1 aliphatic heterocycles. The van der Waals surface area contributed by atoms with Crippen molar-refractivity contribution in [3.8, 4) is 0 Å². The molecular weight excluding hydrogens is 252 g/mol. The van der Waals surface area contributed by atoms with E-state index in [4.69, 9.17) is 4.74 Å². The number of amides is 1. The SMILES string of the molecule is Cc1[nH]c2cccc(C)c2c1C(=O)NCC1CCCO1. The van der Waals surface area contributed by atoms with Crippen molar-refractivity contribution in [1.29, 1.82) is 0 Å². The Kier molecular flexibility index (Phi) is 3.49. The maximum atomic E-state index is 12.5. The van der Waals surface area contributed by atoms with Crippen LogP contribution >= 0.6 is 0 Å². The van der Waals surface area contributed by atoms with Gasteiger partial charge in [-0.05, 0) is 38.3 Å². The summed E-state index contributed by atoms with van der Waals surface area (Å²) in [6.07, 6.45) is 2.29. The molecule has 1 atom stereocenters. The normalized spacial score (nSPS) is 18.6. The van der Waals surface area contributed by atoms with E-state index >= 15 is 0 Å². The fraction of sp³-hybridized carbons (Fsp3) is 0.438. The van der Waals surface area contributed by atoms with Crippen LogP contribution in [0.4, 0.5) is 0 Å². The van der Waals surface area contributed by atoms with Crippen molar-refractivity contribution in [1.82, 2.24) is 10.3 Å². The molecule has 1 amide bonds. The Morgan fingerprint density at radius 1 is 1.45 bits per heavy atom. The molecule has 1 unspecified atom stereocenters. The summed E-state index contributed by atoms with van der Waals surface area (Å²) in [5.74, 6) is -0.0152. The molecular formula is C16H20N2O2. The largest absolute Gasteiger partial charge is 0.376 e. The summed E-state index contributed by atoms with van der Waals surface area (Å²) in [4.78, 5) is 15.7. The second kappa shape index (κ2) is 5.29. The van der Waals surface area contributed by atoms with Crippen LogP contribution in [0.25, 0.3) is 10.9 Å². The molecule has 0 bridgehead atoms. The molecule has 1 aromatic carbocycles. The number of H-pyrrole nitrogens is 1. The van der Waals surface area contributed by atoms with Gasteiger partial charge in [0.1, 0.15) is 0 Å². The highest BCUT2D eigenvalue weighted by atomic mass is 16.5. The lowest BCUT2D eigenvalue weighted by Crippen LogP contribution is -2.32. The number of rotatable bonds is 3. The number of fused-ring (bicyclic) bond motifs is 1. The molecule has 1 saturated heterocycles. The van der Waals surface area contributed by atoms with Crippen LogP contribution in [0.1, 0.15) is 34.5 Å². The molecule has 106 valence electrons. The van der Waals surface area contributed by atoms with E-state index in [0.717, 1.165) is 47.2 Å². The lowest BCUT2D eigenvalue weighted by atomic mass is 10.1. The Morgan fingerprint density at radius 2 is 2.30 bits per heavy atom. The number of aryl methyl sites for hydroxylation is 2. The summed E-state index contributed by atoms with van der Waals surface area (Å²) in [6.45, 7) is 5.38. The zero-order chi connectivity index (χ0) is 14.1. The fourth-order valence-electron chi connectivity index (χ4n) is 2.94. The van der Waals surface area contributed by atoms with Gasteiger partial charge < -0.3 is 15.0 Å². The number of ether oxygens (including phenoxy) is 1. The number of carbonyl (C=O) groups excluding carboxylic acids is 1. The van der Waals surface area contributed by atoms with Crippen molar-refractivity contribution in [2.75, 3.05) is 13.2 Å². The van der Waals surface area contributed by atoms with E-state index in [0.29, 0.717) is 6.54 Å². The lowest BCUT2D eigenvalue weighted by Gasteiger charge is -2.11. The average Bonchev–Trinajstić information content (AvgIpc) is 3.03. The van der Waals surface area contributed by atoms with Crippen LogP contribution < -0.4 is 5.32 Å². The van der Waals surface area contributed by atoms with Gasteiger partial charge in [0.05, 0.1) is 11.7 Å². The predicted molar refractivity (Wildman–Crippen MR) is 79.1 cm³/mol. The highest BCUT2D eigenvalue weighted by Crippen LogP contribution is 2.25. The van der Waals surface area contributed by atoms with Crippen molar-refractivity contribution < 1.29 is 9.53 Å². The predicted octanol–water partition coefficient (Wildman–Crippen LogP) is 2.69. The van der Waals surface area contributed by atoms with E-state index < -0.39 is 0 Å². The molecule has 4 nitrogen and oxygen atoms in total. The first kappa shape index (κ1) is 13.2. The van der Waals surface area contributed by atoms with Crippen molar-refractivity contribution in [2.24, 2.45) is 0 Å². The van der Waals surface area contributed by atoms with E-state index in [1.165, 1.54) is 0 Å². The smallest absolute Gasteiger partial charge is 0.253 e. The molecule has 20 heavy (non-hydrogen) atoms. The van der Waals surface area contributed by atoms with Gasteiger partial charge in [-0.25, -0.2) is 0 Å². The van der Waals surface area contributed by atoms with Crippen LogP contribution in [0.15, 0.2) is 18.2 Å². The van der Waals surface area contributed by atoms with Gasteiger partial charge in [0.2, 0.25) is 0 Å². The molecule has 1 aromatic heterocycles. The minimum atomic E-state index is -0.0152. The molecule has 0 radical (unpaired) electrons. The highest BCUT2D eigenvalue weighted by Gasteiger charge is 2.20. The molecule has 1 aliphatic rings. The van der Waals surface area contributed by atoms with Gasteiger partial charge in [-0.2, -0.15) is 0 Å². The summed E-state index contributed by atoms with van der Waals surface area (Å²) in [7, 11) is 0. The number of hydrogen-bond donors (Lipinski definition) is 2. The van der Waals surface area contributed by atoms with E-state index in [1.54, 1.807) is 0 Å². The monoisotopic (exact) mass is 272 g/mol. The van der Waals surface area contributed by atoms with E-state index in [2.05, 4.69) is 10.3 Å². The van der Waals surface area contributed by atoms with Crippen LogP contribution in [-0.2, 0) is 4.74 Å². The van der Waals surface area contributed by atoms with Crippen LogP contribution in [0.3, 0.4) is 0 Å². The van der Waals surface area contributed by atoms with Gasteiger partial charge in [-0.15, -0.1) is 0 Å². The Labute approximate surface area is 118 Å². The Morgan fingerprint density at radius 3 is 3.05 bits per heavy atom. The maximum Gasteiger partial charge on any atom is 0.253 e. The summed E-state index contributed by atoms with van der Waals surface area (Å²) >= 11 is 0. The Hall–Kier alpha value is -1.81. The first-order chi connectivity index (χ1) is 9.66. The summed E-state index contributed by atoms with van der Waals surface area (Å²) in [6, 6.07) is 6.04. The highest BCUT2D eigenvalue weighted by molar-refractivity contribution is 6.09. The summed E-state index contributed by atoms with van der Waals surface area (Å²) in [5.41, 5.74) is 3.81. The minimum Gasteiger partial charge on any atom is -0.376 e.